The van der Waals surface area contributed by atoms with Gasteiger partial charge in [0.05, 0.1) is 6.10 Å². The van der Waals surface area contributed by atoms with E-state index < -0.39 is 30.1 Å². The minimum Gasteiger partial charge on any atom is -0.481 e. The van der Waals surface area contributed by atoms with Crippen LogP contribution in [-0.2, 0) is 19.1 Å². The average Bonchev–Trinajstić information content (AvgIpc) is 3.45. The second kappa shape index (κ2) is 10.5. The van der Waals surface area contributed by atoms with E-state index in [2.05, 4.69) is 17.4 Å². The number of carboxylic acid groups (broad SMARTS) is 1. The maximum absolute atomic E-state index is 13.3. The molecule has 4 atom stereocenters. The largest absolute Gasteiger partial charge is 0.481 e. The Morgan fingerprint density at radius 2 is 1.66 bits per heavy atom. The van der Waals surface area contributed by atoms with Gasteiger partial charge in [-0.25, -0.2) is 4.79 Å². The first-order valence-electron chi connectivity index (χ1n) is 12.0. The number of carbonyl (C=O) groups is 3. The first-order valence-corrected chi connectivity index (χ1v) is 12.0. The number of rotatable bonds is 8. The lowest BCUT2D eigenvalue weighted by molar-refractivity contribution is -0.144. The van der Waals surface area contributed by atoms with Crippen molar-refractivity contribution in [3.63, 3.8) is 0 Å². The highest BCUT2D eigenvalue weighted by Gasteiger charge is 2.42. The zero-order chi connectivity index (χ0) is 25.1. The monoisotopic (exact) mass is 480 g/mol. The fourth-order valence-electron chi connectivity index (χ4n) is 5.08. The lowest BCUT2D eigenvalue weighted by Gasteiger charge is -2.28. The molecule has 0 radical (unpaired) electrons. The zero-order valence-corrected chi connectivity index (χ0v) is 20.3. The molecule has 8 heteroatoms. The summed E-state index contributed by atoms with van der Waals surface area (Å²) >= 11 is 0. The minimum absolute atomic E-state index is 0.0476. The molecule has 2 aromatic rings. The van der Waals surface area contributed by atoms with Crippen LogP contribution in [0, 0.1) is 11.8 Å². The Bertz CT molecular complexity index is 1060. The van der Waals surface area contributed by atoms with Crippen LogP contribution in [0.1, 0.15) is 37.3 Å². The van der Waals surface area contributed by atoms with E-state index in [0.717, 1.165) is 22.3 Å². The lowest BCUT2D eigenvalue weighted by Crippen LogP contribution is -2.51. The highest BCUT2D eigenvalue weighted by atomic mass is 16.5. The average molecular weight is 481 g/mol. The van der Waals surface area contributed by atoms with Gasteiger partial charge in [-0.1, -0.05) is 68.8 Å². The molecule has 1 fully saturated rings. The normalized spacial score (nSPS) is 20.6. The number of carbonyl (C=O) groups excluding carboxylic acids is 2. The quantitative estimate of drug-likeness (QED) is 0.599. The molecular formula is C27H32N2O6. The third-order valence-corrected chi connectivity index (χ3v) is 7.29. The number of hydrogen-bond donors (Lipinski definition) is 2. The number of aliphatic carboxylic acids is 1. The Labute approximate surface area is 205 Å². The van der Waals surface area contributed by atoms with Crippen LogP contribution in [0.25, 0.3) is 11.1 Å². The van der Waals surface area contributed by atoms with Crippen molar-refractivity contribution >= 4 is 18.0 Å². The molecule has 2 aliphatic rings. The van der Waals surface area contributed by atoms with Crippen LogP contribution < -0.4 is 5.32 Å². The Morgan fingerprint density at radius 1 is 1.06 bits per heavy atom. The molecule has 2 N–H and O–H groups in total. The maximum Gasteiger partial charge on any atom is 0.407 e. The minimum atomic E-state index is -1.00. The van der Waals surface area contributed by atoms with Gasteiger partial charge in [-0.3, -0.25) is 9.59 Å². The fourth-order valence-corrected chi connectivity index (χ4v) is 5.08. The van der Waals surface area contributed by atoms with E-state index in [-0.39, 0.29) is 37.4 Å². The highest BCUT2D eigenvalue weighted by Crippen LogP contribution is 2.44. The van der Waals surface area contributed by atoms with Gasteiger partial charge in [-0.2, -0.15) is 0 Å². The molecule has 35 heavy (non-hydrogen) atoms. The van der Waals surface area contributed by atoms with E-state index in [0.29, 0.717) is 6.42 Å². The van der Waals surface area contributed by atoms with Crippen molar-refractivity contribution in [1.82, 2.24) is 10.2 Å². The first kappa shape index (κ1) is 24.7. The molecule has 0 aromatic heterocycles. The van der Waals surface area contributed by atoms with Crippen molar-refractivity contribution in [2.45, 2.75) is 38.3 Å². The zero-order valence-electron chi connectivity index (χ0n) is 20.3. The summed E-state index contributed by atoms with van der Waals surface area (Å²) in [6.07, 6.45) is -0.587. The van der Waals surface area contributed by atoms with Crippen molar-refractivity contribution in [2.24, 2.45) is 11.8 Å². The topological polar surface area (TPSA) is 105 Å². The summed E-state index contributed by atoms with van der Waals surface area (Å²) in [5, 5.41) is 12.2. The van der Waals surface area contributed by atoms with Crippen LogP contribution in [-0.4, -0.2) is 66.9 Å². The van der Waals surface area contributed by atoms with Gasteiger partial charge < -0.3 is 24.8 Å². The van der Waals surface area contributed by atoms with Crippen LogP contribution in [0.2, 0.25) is 0 Å². The van der Waals surface area contributed by atoms with Gasteiger partial charge >= 0.3 is 12.1 Å². The summed E-state index contributed by atoms with van der Waals surface area (Å²) in [5.74, 6) is -2.36. The summed E-state index contributed by atoms with van der Waals surface area (Å²) in [7, 11) is 1.44. The summed E-state index contributed by atoms with van der Waals surface area (Å²) < 4.78 is 10.9. The summed E-state index contributed by atoms with van der Waals surface area (Å²) in [4.78, 5) is 39.2. The number of nitrogens with one attached hydrogen (secondary N) is 1. The molecule has 1 heterocycles. The van der Waals surface area contributed by atoms with Crippen LogP contribution in [0.4, 0.5) is 4.79 Å². The number of amides is 2. The van der Waals surface area contributed by atoms with E-state index in [4.69, 9.17) is 9.47 Å². The van der Waals surface area contributed by atoms with Crippen molar-refractivity contribution in [1.29, 1.82) is 0 Å². The van der Waals surface area contributed by atoms with E-state index in [1.54, 1.807) is 0 Å². The van der Waals surface area contributed by atoms with Crippen LogP contribution in [0.3, 0.4) is 0 Å². The second-order valence-corrected chi connectivity index (χ2v) is 9.30. The molecule has 0 bridgehead atoms. The van der Waals surface area contributed by atoms with Gasteiger partial charge in [0.15, 0.2) is 0 Å². The number of carboxylic acids is 1. The molecule has 1 aliphatic carbocycles. The van der Waals surface area contributed by atoms with Crippen molar-refractivity contribution in [3.05, 3.63) is 59.7 Å². The first-order chi connectivity index (χ1) is 16.8. The van der Waals surface area contributed by atoms with Crippen LogP contribution in [0.15, 0.2) is 48.5 Å². The Hall–Kier alpha value is -3.39. The van der Waals surface area contributed by atoms with Crippen molar-refractivity contribution < 1.29 is 29.0 Å². The van der Waals surface area contributed by atoms with Crippen LogP contribution >= 0.6 is 0 Å². The van der Waals surface area contributed by atoms with Crippen molar-refractivity contribution in [3.8, 4) is 11.1 Å². The smallest absolute Gasteiger partial charge is 0.407 e. The molecule has 1 aliphatic heterocycles. The number of ether oxygens (including phenoxy) is 2. The number of methoxy groups -OCH3 is 1. The number of benzene rings is 2. The summed E-state index contributed by atoms with van der Waals surface area (Å²) in [6.45, 7) is 4.19. The molecule has 2 aromatic carbocycles. The lowest BCUT2D eigenvalue weighted by atomic mass is 9.97. The standard InChI is InChI=1S/C27H32N2O6/c1-4-16(2)24(25(30)29-13-21(26(31)32)23(14-29)34-3)28-27(33)35-15-22-19-11-7-5-9-17(19)18-10-6-8-12-20(18)22/h5-12,16,21-24H,4,13-15H2,1-3H3,(H,28,33)(H,31,32). The molecular weight excluding hydrogens is 448 g/mol. The van der Waals surface area contributed by atoms with Gasteiger partial charge in [0.2, 0.25) is 5.91 Å². The third kappa shape index (κ3) is 4.89. The van der Waals surface area contributed by atoms with Crippen LogP contribution in [0.5, 0.6) is 0 Å². The Balaban J connectivity index is 1.44. The van der Waals surface area contributed by atoms with Crippen molar-refractivity contribution in [2.75, 3.05) is 26.8 Å². The maximum atomic E-state index is 13.3. The van der Waals surface area contributed by atoms with E-state index in [9.17, 15) is 19.5 Å². The van der Waals surface area contributed by atoms with Gasteiger partial charge in [0, 0.05) is 26.1 Å². The highest BCUT2D eigenvalue weighted by molar-refractivity contribution is 5.87. The SMILES string of the molecule is CCC(C)C(NC(=O)OCC1c2ccccc2-c2ccccc21)C(=O)N1CC(OC)C(C(=O)O)C1. The predicted octanol–water partition coefficient (Wildman–Crippen LogP) is 3.50. The Kier molecular flexibility index (Phi) is 7.40. The third-order valence-electron chi connectivity index (χ3n) is 7.29. The number of alkyl carbamates (subject to hydrolysis) is 1. The van der Waals surface area contributed by atoms with Gasteiger partial charge in [0.1, 0.15) is 18.6 Å². The number of likely N-dealkylation sites (tertiary alicyclic amines) is 1. The summed E-state index contributed by atoms with van der Waals surface area (Å²) in [5.41, 5.74) is 4.50. The molecule has 4 rings (SSSR count). The van der Waals surface area contributed by atoms with Gasteiger partial charge in [-0.15, -0.1) is 0 Å². The van der Waals surface area contributed by atoms with E-state index >= 15 is 0 Å². The number of nitrogens with zero attached hydrogens (tertiary/aromatic N) is 1. The molecule has 0 spiro atoms. The number of fused-ring (bicyclic) bond motifs is 3. The predicted molar refractivity (Wildman–Crippen MR) is 130 cm³/mol. The molecule has 0 saturated carbocycles. The van der Waals surface area contributed by atoms with E-state index in [1.807, 2.05) is 50.2 Å². The molecule has 4 unspecified atom stereocenters. The Morgan fingerprint density at radius 3 is 2.17 bits per heavy atom. The second-order valence-electron chi connectivity index (χ2n) is 9.30. The number of hydrogen-bond acceptors (Lipinski definition) is 5. The van der Waals surface area contributed by atoms with E-state index in [1.165, 1.54) is 12.0 Å². The summed E-state index contributed by atoms with van der Waals surface area (Å²) in [6, 6.07) is 15.4. The molecule has 1 saturated heterocycles. The molecule has 186 valence electrons. The van der Waals surface area contributed by atoms with Gasteiger partial charge in [0.25, 0.3) is 0 Å². The molecule has 8 nitrogen and oxygen atoms in total. The van der Waals surface area contributed by atoms with Gasteiger partial charge in [-0.05, 0) is 28.2 Å². The fraction of sp³-hybridized carbons (Fsp3) is 0.444. The molecule has 2 amide bonds.